The van der Waals surface area contributed by atoms with Gasteiger partial charge in [-0.05, 0) is 24.3 Å². The highest BCUT2D eigenvalue weighted by atomic mass is 19.4. The van der Waals surface area contributed by atoms with E-state index in [0.29, 0.717) is 28.8 Å². The van der Waals surface area contributed by atoms with E-state index in [1.165, 1.54) is 18.2 Å². The van der Waals surface area contributed by atoms with E-state index in [1.807, 2.05) is 18.2 Å². The number of anilines is 3. The molecular weight excluding hydrogens is 373 g/mol. The fourth-order valence-electron chi connectivity index (χ4n) is 2.47. The minimum absolute atomic E-state index is 0.310. The Labute approximate surface area is 159 Å². The van der Waals surface area contributed by atoms with E-state index in [0.717, 1.165) is 5.69 Å². The molecule has 3 aromatic rings. The molecule has 0 saturated carbocycles. The molecule has 28 heavy (non-hydrogen) atoms. The van der Waals surface area contributed by atoms with Gasteiger partial charge in [-0.2, -0.15) is 4.98 Å². The highest BCUT2D eigenvalue weighted by Crippen LogP contribution is 2.29. The Hall–Kier alpha value is -3.49. The molecule has 0 radical (unpaired) electrons. The number of halogens is 3. The first-order valence-electron chi connectivity index (χ1n) is 8.20. The summed E-state index contributed by atoms with van der Waals surface area (Å²) in [4.78, 5) is 8.64. The lowest BCUT2D eigenvalue weighted by atomic mass is 10.1. The number of methoxy groups -OCH3 is 1. The van der Waals surface area contributed by atoms with Crippen LogP contribution >= 0.6 is 0 Å². The van der Waals surface area contributed by atoms with Crippen molar-refractivity contribution in [1.82, 2.24) is 9.97 Å². The van der Waals surface area contributed by atoms with E-state index in [9.17, 15) is 13.2 Å². The number of ether oxygens (including phenoxy) is 2. The average molecular weight is 390 g/mol. The van der Waals surface area contributed by atoms with E-state index in [4.69, 9.17) is 4.74 Å². The number of aromatic nitrogens is 2. The van der Waals surface area contributed by atoms with Crippen LogP contribution in [0.5, 0.6) is 11.5 Å². The van der Waals surface area contributed by atoms with Gasteiger partial charge in [-0.25, -0.2) is 4.98 Å². The molecule has 1 heterocycles. The number of hydrogen-bond acceptors (Lipinski definition) is 6. The van der Waals surface area contributed by atoms with Gasteiger partial charge >= 0.3 is 6.36 Å². The topological polar surface area (TPSA) is 68.3 Å². The van der Waals surface area contributed by atoms with Crippen LogP contribution in [0.2, 0.25) is 0 Å². The third kappa shape index (κ3) is 5.03. The van der Waals surface area contributed by atoms with E-state index >= 15 is 0 Å². The summed E-state index contributed by atoms with van der Waals surface area (Å²) in [7, 11) is 3.22. The van der Waals surface area contributed by atoms with Gasteiger partial charge in [0.1, 0.15) is 17.3 Å². The molecule has 6 nitrogen and oxygen atoms in total. The van der Waals surface area contributed by atoms with Gasteiger partial charge in [0.25, 0.3) is 0 Å². The van der Waals surface area contributed by atoms with Crippen molar-refractivity contribution in [3.8, 4) is 22.8 Å². The molecule has 3 rings (SSSR count). The van der Waals surface area contributed by atoms with Crippen molar-refractivity contribution >= 4 is 17.5 Å². The second-order valence-corrected chi connectivity index (χ2v) is 5.64. The molecule has 0 aliphatic heterocycles. The number of benzene rings is 2. The van der Waals surface area contributed by atoms with Crippen LogP contribution in [-0.4, -0.2) is 30.5 Å². The van der Waals surface area contributed by atoms with Crippen molar-refractivity contribution in [2.24, 2.45) is 0 Å². The standard InChI is InChI=1S/C19H17F3N4O2/c1-23-18-25-16(12-5-3-8-15(9-12)28-19(20,21)22)11-17(26-18)24-13-6-4-7-14(10-13)27-2/h3-11H,1-2H3,(H2,23,24,25,26). The first kappa shape index (κ1) is 19.3. The first-order chi connectivity index (χ1) is 13.4. The zero-order chi connectivity index (χ0) is 20.1. The van der Waals surface area contributed by atoms with Gasteiger partial charge in [-0.1, -0.05) is 18.2 Å². The zero-order valence-electron chi connectivity index (χ0n) is 15.0. The van der Waals surface area contributed by atoms with E-state index in [-0.39, 0.29) is 5.75 Å². The smallest absolute Gasteiger partial charge is 0.497 e. The van der Waals surface area contributed by atoms with Crippen LogP contribution < -0.4 is 20.1 Å². The van der Waals surface area contributed by atoms with Crippen LogP contribution in [0.4, 0.5) is 30.6 Å². The molecule has 0 fully saturated rings. The molecule has 0 saturated heterocycles. The Morgan fingerprint density at radius 3 is 2.39 bits per heavy atom. The zero-order valence-corrected chi connectivity index (χ0v) is 15.0. The maximum atomic E-state index is 12.5. The van der Waals surface area contributed by atoms with Gasteiger partial charge in [0.05, 0.1) is 12.8 Å². The summed E-state index contributed by atoms with van der Waals surface area (Å²) in [6.07, 6.45) is -4.76. The van der Waals surface area contributed by atoms with Gasteiger partial charge in [0, 0.05) is 30.4 Å². The second kappa shape index (κ2) is 8.03. The van der Waals surface area contributed by atoms with Crippen molar-refractivity contribution in [1.29, 1.82) is 0 Å². The maximum Gasteiger partial charge on any atom is 0.573 e. The quantitative estimate of drug-likeness (QED) is 0.628. The molecule has 9 heteroatoms. The number of nitrogens with zero attached hydrogens (tertiary/aromatic N) is 2. The van der Waals surface area contributed by atoms with Crippen LogP contribution in [0.15, 0.2) is 54.6 Å². The molecule has 0 bridgehead atoms. The van der Waals surface area contributed by atoms with Crippen LogP contribution in [0, 0.1) is 0 Å². The number of nitrogens with one attached hydrogen (secondary N) is 2. The summed E-state index contributed by atoms with van der Waals surface area (Å²) in [5.41, 5.74) is 1.62. The number of rotatable bonds is 6. The lowest BCUT2D eigenvalue weighted by Gasteiger charge is -2.12. The molecule has 0 aliphatic rings. The summed E-state index contributed by atoms with van der Waals surface area (Å²) in [5.74, 6) is 1.12. The minimum atomic E-state index is -4.76. The van der Waals surface area contributed by atoms with Crippen molar-refractivity contribution in [2.45, 2.75) is 6.36 Å². The molecule has 1 aromatic heterocycles. The van der Waals surface area contributed by atoms with Gasteiger partial charge in [0.15, 0.2) is 0 Å². The summed E-state index contributed by atoms with van der Waals surface area (Å²) in [6, 6.07) is 14.5. The highest BCUT2D eigenvalue weighted by molar-refractivity contribution is 5.68. The largest absolute Gasteiger partial charge is 0.573 e. The van der Waals surface area contributed by atoms with E-state index in [1.54, 1.807) is 32.4 Å². The summed E-state index contributed by atoms with van der Waals surface area (Å²) >= 11 is 0. The third-order valence-corrected chi connectivity index (χ3v) is 3.66. The predicted octanol–water partition coefficient (Wildman–Crippen LogP) is 4.84. The van der Waals surface area contributed by atoms with Gasteiger partial charge < -0.3 is 20.1 Å². The molecule has 0 aliphatic carbocycles. The lowest BCUT2D eigenvalue weighted by molar-refractivity contribution is -0.274. The fraction of sp³-hybridized carbons (Fsp3) is 0.158. The third-order valence-electron chi connectivity index (χ3n) is 3.66. The predicted molar refractivity (Wildman–Crippen MR) is 100.0 cm³/mol. The minimum Gasteiger partial charge on any atom is -0.497 e. The fourth-order valence-corrected chi connectivity index (χ4v) is 2.47. The monoisotopic (exact) mass is 390 g/mol. The summed E-state index contributed by atoms with van der Waals surface area (Å²) in [5, 5.41) is 5.97. The van der Waals surface area contributed by atoms with Crippen molar-refractivity contribution < 1.29 is 22.6 Å². The summed E-state index contributed by atoms with van der Waals surface area (Å²) in [6.45, 7) is 0. The van der Waals surface area contributed by atoms with Crippen molar-refractivity contribution in [2.75, 3.05) is 24.8 Å². The normalized spacial score (nSPS) is 11.0. The molecule has 0 spiro atoms. The van der Waals surface area contributed by atoms with Crippen LogP contribution in [0.25, 0.3) is 11.3 Å². The Morgan fingerprint density at radius 1 is 0.929 bits per heavy atom. The van der Waals surface area contributed by atoms with Crippen molar-refractivity contribution in [3.05, 3.63) is 54.6 Å². The molecule has 0 atom stereocenters. The number of hydrogen-bond donors (Lipinski definition) is 2. The molecule has 146 valence electrons. The molecular formula is C19H17F3N4O2. The Balaban J connectivity index is 1.94. The van der Waals surface area contributed by atoms with Gasteiger partial charge in [0.2, 0.25) is 5.95 Å². The SMILES string of the molecule is CNc1nc(Nc2cccc(OC)c2)cc(-c2cccc(OC(F)(F)F)c2)n1. The van der Waals surface area contributed by atoms with E-state index in [2.05, 4.69) is 25.3 Å². The van der Waals surface area contributed by atoms with Crippen LogP contribution in [-0.2, 0) is 0 Å². The Morgan fingerprint density at radius 2 is 1.68 bits per heavy atom. The van der Waals surface area contributed by atoms with Gasteiger partial charge in [-0.15, -0.1) is 13.2 Å². The molecule has 2 N–H and O–H groups in total. The molecule has 2 aromatic carbocycles. The Bertz CT molecular complexity index is 964. The maximum absolute atomic E-state index is 12.5. The van der Waals surface area contributed by atoms with Crippen molar-refractivity contribution in [3.63, 3.8) is 0 Å². The lowest BCUT2D eigenvalue weighted by Crippen LogP contribution is -2.17. The molecule has 0 amide bonds. The number of alkyl halides is 3. The van der Waals surface area contributed by atoms with Crippen LogP contribution in [0.3, 0.4) is 0 Å². The second-order valence-electron chi connectivity index (χ2n) is 5.64. The highest BCUT2D eigenvalue weighted by Gasteiger charge is 2.31. The van der Waals surface area contributed by atoms with E-state index < -0.39 is 6.36 Å². The van der Waals surface area contributed by atoms with Crippen LogP contribution in [0.1, 0.15) is 0 Å². The Kier molecular flexibility index (Phi) is 5.53. The average Bonchev–Trinajstić information content (AvgIpc) is 2.66. The summed E-state index contributed by atoms with van der Waals surface area (Å²) < 4.78 is 46.6. The molecule has 0 unspecified atom stereocenters. The van der Waals surface area contributed by atoms with Gasteiger partial charge in [-0.3, -0.25) is 0 Å². The first-order valence-corrected chi connectivity index (χ1v) is 8.20.